The highest BCUT2D eigenvalue weighted by Gasteiger charge is 2.35. The second-order valence-corrected chi connectivity index (χ2v) is 5.76. The van der Waals surface area contributed by atoms with Gasteiger partial charge in [-0.2, -0.15) is 0 Å². The summed E-state index contributed by atoms with van der Waals surface area (Å²) in [4.78, 5) is 12.1. The van der Waals surface area contributed by atoms with Crippen molar-refractivity contribution >= 4 is 5.78 Å². The van der Waals surface area contributed by atoms with E-state index in [1.165, 1.54) is 38.5 Å². The molecule has 2 rings (SSSR count). The van der Waals surface area contributed by atoms with Gasteiger partial charge >= 0.3 is 0 Å². The minimum atomic E-state index is 0.370. The standard InChI is InChI=1S/C16H24O/c1-2-3-9-15(17)14-8-7-12-16(13-14)10-5-4-6-11-16/h2,8H,1,3-7,9-13H2. The first kappa shape index (κ1) is 12.6. The van der Waals surface area contributed by atoms with Crippen molar-refractivity contribution in [3.05, 3.63) is 24.3 Å². The fourth-order valence-electron chi connectivity index (χ4n) is 3.45. The van der Waals surface area contributed by atoms with Crippen LogP contribution in [0.4, 0.5) is 0 Å². The Morgan fingerprint density at radius 3 is 2.76 bits per heavy atom. The molecular weight excluding hydrogens is 208 g/mol. The molecule has 0 atom stereocenters. The van der Waals surface area contributed by atoms with Gasteiger partial charge in [0.05, 0.1) is 0 Å². The highest BCUT2D eigenvalue weighted by molar-refractivity contribution is 5.95. The highest BCUT2D eigenvalue weighted by atomic mass is 16.1. The monoisotopic (exact) mass is 232 g/mol. The topological polar surface area (TPSA) is 17.1 Å². The maximum Gasteiger partial charge on any atom is 0.158 e. The van der Waals surface area contributed by atoms with Gasteiger partial charge in [0.1, 0.15) is 0 Å². The zero-order valence-electron chi connectivity index (χ0n) is 10.8. The number of carbonyl (C=O) groups excluding carboxylic acids is 1. The predicted octanol–water partition coefficient (Wildman–Crippen LogP) is 4.58. The molecule has 1 spiro atoms. The van der Waals surface area contributed by atoms with E-state index in [1.807, 2.05) is 6.08 Å². The molecule has 0 saturated heterocycles. The molecule has 1 heteroatoms. The number of allylic oxidation sites excluding steroid dienone is 3. The van der Waals surface area contributed by atoms with E-state index >= 15 is 0 Å². The zero-order chi connectivity index (χ0) is 12.1. The quantitative estimate of drug-likeness (QED) is 0.648. The summed E-state index contributed by atoms with van der Waals surface area (Å²) in [6.07, 6.45) is 15.8. The largest absolute Gasteiger partial charge is 0.295 e. The Bertz CT molecular complexity index is 318. The van der Waals surface area contributed by atoms with Gasteiger partial charge in [-0.3, -0.25) is 4.79 Å². The van der Waals surface area contributed by atoms with Crippen LogP contribution in [0.1, 0.15) is 64.2 Å². The van der Waals surface area contributed by atoms with Gasteiger partial charge in [0.15, 0.2) is 5.78 Å². The summed E-state index contributed by atoms with van der Waals surface area (Å²) in [5.41, 5.74) is 1.62. The average molecular weight is 232 g/mol. The van der Waals surface area contributed by atoms with Crippen molar-refractivity contribution in [1.82, 2.24) is 0 Å². The lowest BCUT2D eigenvalue weighted by Gasteiger charge is -2.40. The number of ketones is 1. The lowest BCUT2D eigenvalue weighted by atomic mass is 9.65. The minimum absolute atomic E-state index is 0.370. The van der Waals surface area contributed by atoms with E-state index in [9.17, 15) is 4.79 Å². The third kappa shape index (κ3) is 3.08. The van der Waals surface area contributed by atoms with Crippen LogP contribution in [0.5, 0.6) is 0 Å². The Labute approximate surface area is 105 Å². The fraction of sp³-hybridized carbons (Fsp3) is 0.688. The van der Waals surface area contributed by atoms with Crippen LogP contribution < -0.4 is 0 Å². The second-order valence-electron chi connectivity index (χ2n) is 5.76. The molecule has 2 aliphatic rings. The molecule has 1 saturated carbocycles. The normalized spacial score (nSPS) is 23.2. The van der Waals surface area contributed by atoms with Crippen molar-refractivity contribution in [2.24, 2.45) is 5.41 Å². The van der Waals surface area contributed by atoms with Gasteiger partial charge in [0.25, 0.3) is 0 Å². The van der Waals surface area contributed by atoms with Gasteiger partial charge in [-0.25, -0.2) is 0 Å². The molecule has 17 heavy (non-hydrogen) atoms. The average Bonchev–Trinajstić information content (AvgIpc) is 2.37. The van der Waals surface area contributed by atoms with E-state index in [4.69, 9.17) is 0 Å². The molecule has 94 valence electrons. The van der Waals surface area contributed by atoms with Crippen LogP contribution in [0.25, 0.3) is 0 Å². The molecule has 0 aliphatic heterocycles. The summed E-state index contributed by atoms with van der Waals surface area (Å²) in [6, 6.07) is 0. The van der Waals surface area contributed by atoms with E-state index in [-0.39, 0.29) is 0 Å². The molecule has 0 radical (unpaired) electrons. The van der Waals surface area contributed by atoms with E-state index in [0.717, 1.165) is 24.8 Å². The van der Waals surface area contributed by atoms with Crippen LogP contribution in [-0.2, 0) is 4.79 Å². The van der Waals surface area contributed by atoms with Gasteiger partial charge < -0.3 is 0 Å². The third-order valence-corrected chi connectivity index (χ3v) is 4.48. The molecule has 0 N–H and O–H groups in total. The van der Waals surface area contributed by atoms with Crippen LogP contribution >= 0.6 is 0 Å². The summed E-state index contributed by atoms with van der Waals surface area (Å²) < 4.78 is 0. The maximum atomic E-state index is 12.1. The Hall–Kier alpha value is -0.850. The maximum absolute atomic E-state index is 12.1. The Morgan fingerprint density at radius 1 is 1.29 bits per heavy atom. The van der Waals surface area contributed by atoms with Crippen molar-refractivity contribution in [2.75, 3.05) is 0 Å². The van der Waals surface area contributed by atoms with Crippen molar-refractivity contribution in [2.45, 2.75) is 64.2 Å². The summed E-state index contributed by atoms with van der Waals surface area (Å²) in [5.74, 6) is 0.370. The molecule has 0 amide bonds. The van der Waals surface area contributed by atoms with Crippen molar-refractivity contribution < 1.29 is 4.79 Å². The molecule has 0 unspecified atom stereocenters. The lowest BCUT2D eigenvalue weighted by Crippen LogP contribution is -2.28. The highest BCUT2D eigenvalue weighted by Crippen LogP contribution is 2.47. The predicted molar refractivity (Wildman–Crippen MR) is 71.9 cm³/mol. The van der Waals surface area contributed by atoms with Gasteiger partial charge in [0.2, 0.25) is 0 Å². The molecule has 0 aromatic rings. The fourth-order valence-corrected chi connectivity index (χ4v) is 3.45. The van der Waals surface area contributed by atoms with Gasteiger partial charge in [0, 0.05) is 6.42 Å². The first-order chi connectivity index (χ1) is 8.26. The zero-order valence-corrected chi connectivity index (χ0v) is 10.8. The first-order valence-corrected chi connectivity index (χ1v) is 7.09. The summed E-state index contributed by atoms with van der Waals surface area (Å²) >= 11 is 0. The van der Waals surface area contributed by atoms with E-state index in [0.29, 0.717) is 17.6 Å². The third-order valence-electron chi connectivity index (χ3n) is 4.48. The van der Waals surface area contributed by atoms with Gasteiger partial charge in [-0.15, -0.1) is 6.58 Å². The SMILES string of the molecule is C=CCCC(=O)C1=CCCC2(CCCCC2)C1. The van der Waals surface area contributed by atoms with E-state index in [1.54, 1.807) is 0 Å². The van der Waals surface area contributed by atoms with Crippen LogP contribution in [0.3, 0.4) is 0 Å². The Morgan fingerprint density at radius 2 is 2.06 bits per heavy atom. The summed E-state index contributed by atoms with van der Waals surface area (Å²) in [7, 11) is 0. The number of carbonyl (C=O) groups is 1. The lowest BCUT2D eigenvalue weighted by molar-refractivity contribution is -0.116. The Balaban J connectivity index is 1.97. The molecule has 1 fully saturated rings. The van der Waals surface area contributed by atoms with Crippen LogP contribution in [0.2, 0.25) is 0 Å². The molecule has 2 aliphatic carbocycles. The number of rotatable bonds is 4. The van der Waals surface area contributed by atoms with Gasteiger partial charge in [-0.1, -0.05) is 31.4 Å². The van der Waals surface area contributed by atoms with E-state index < -0.39 is 0 Å². The molecule has 1 nitrogen and oxygen atoms in total. The Kier molecular flexibility index (Phi) is 4.20. The van der Waals surface area contributed by atoms with Crippen molar-refractivity contribution in [1.29, 1.82) is 0 Å². The molecular formula is C16H24O. The summed E-state index contributed by atoms with van der Waals surface area (Å²) in [6.45, 7) is 3.69. The van der Waals surface area contributed by atoms with Crippen LogP contribution in [-0.4, -0.2) is 5.78 Å². The smallest absolute Gasteiger partial charge is 0.158 e. The van der Waals surface area contributed by atoms with Gasteiger partial charge in [-0.05, 0) is 49.5 Å². The van der Waals surface area contributed by atoms with Crippen LogP contribution in [0, 0.1) is 5.41 Å². The number of Topliss-reactive ketones (excluding diaryl/α,β-unsaturated/α-hetero) is 1. The van der Waals surface area contributed by atoms with Crippen molar-refractivity contribution in [3.8, 4) is 0 Å². The molecule has 0 aromatic heterocycles. The molecule has 0 aromatic carbocycles. The number of hydrogen-bond donors (Lipinski definition) is 0. The number of hydrogen-bond acceptors (Lipinski definition) is 1. The second kappa shape index (κ2) is 5.66. The van der Waals surface area contributed by atoms with Crippen LogP contribution in [0.15, 0.2) is 24.3 Å². The van der Waals surface area contributed by atoms with E-state index in [2.05, 4.69) is 12.7 Å². The molecule has 0 heterocycles. The van der Waals surface area contributed by atoms with Crippen molar-refractivity contribution in [3.63, 3.8) is 0 Å². The summed E-state index contributed by atoms with van der Waals surface area (Å²) in [5, 5.41) is 0. The molecule has 0 bridgehead atoms. The first-order valence-electron chi connectivity index (χ1n) is 7.09. The minimum Gasteiger partial charge on any atom is -0.295 e.